The van der Waals surface area contributed by atoms with E-state index in [1.807, 2.05) is 0 Å². The largest absolute Gasteiger partial charge is 0.312 e. The Hall–Kier alpha value is -0.120. The number of piperazine rings is 1. The van der Waals surface area contributed by atoms with E-state index in [0.717, 1.165) is 26.2 Å². The van der Waals surface area contributed by atoms with E-state index in [1.54, 1.807) is 0 Å². The highest BCUT2D eigenvalue weighted by molar-refractivity contribution is 4.72. The molecule has 3 nitrogen and oxygen atoms in total. The van der Waals surface area contributed by atoms with E-state index in [-0.39, 0.29) is 0 Å². The van der Waals surface area contributed by atoms with Gasteiger partial charge in [0.1, 0.15) is 0 Å². The van der Waals surface area contributed by atoms with Crippen LogP contribution in [0.2, 0.25) is 0 Å². The molecule has 1 fully saturated rings. The summed E-state index contributed by atoms with van der Waals surface area (Å²) in [6.07, 6.45) is 2.88. The van der Waals surface area contributed by atoms with E-state index >= 15 is 0 Å². The summed E-state index contributed by atoms with van der Waals surface area (Å²) in [6, 6.07) is 0. The van der Waals surface area contributed by atoms with Gasteiger partial charge in [-0.1, -0.05) is 13.3 Å². The van der Waals surface area contributed by atoms with Crippen LogP contribution in [0.1, 0.15) is 19.8 Å². The molecule has 1 rings (SSSR count). The molecule has 1 saturated heterocycles. The van der Waals surface area contributed by atoms with Crippen molar-refractivity contribution in [3.8, 4) is 0 Å². The highest BCUT2D eigenvalue weighted by Gasteiger charge is 2.10. The second-order valence-electron chi connectivity index (χ2n) is 2.93. The fourth-order valence-corrected chi connectivity index (χ4v) is 1.18. The first-order chi connectivity index (χ1) is 5.43. The summed E-state index contributed by atoms with van der Waals surface area (Å²) in [5, 5.41) is 11.1. The van der Waals surface area contributed by atoms with Crippen molar-refractivity contribution in [1.82, 2.24) is 16.0 Å². The molecule has 0 saturated carbocycles. The molecule has 0 bridgehead atoms. The molecule has 1 aliphatic heterocycles. The minimum absolute atomic E-state index is 0.371. The summed E-state index contributed by atoms with van der Waals surface area (Å²) >= 11 is 0. The average molecular weight is 156 g/mol. The van der Waals surface area contributed by atoms with Gasteiger partial charge in [-0.05, 0) is 13.0 Å². The molecule has 0 aromatic carbocycles. The second-order valence-corrected chi connectivity index (χ2v) is 2.93. The van der Waals surface area contributed by atoms with Gasteiger partial charge in [-0.3, -0.25) is 5.32 Å². The van der Waals surface area contributed by atoms with Crippen molar-refractivity contribution in [2.75, 3.05) is 26.2 Å². The molecule has 0 aromatic heterocycles. The molecule has 1 unspecified atom stereocenters. The molecular formula is C8H18N3. The highest BCUT2D eigenvalue weighted by Crippen LogP contribution is 1.87. The van der Waals surface area contributed by atoms with Crippen LogP contribution < -0.4 is 16.0 Å². The van der Waals surface area contributed by atoms with E-state index in [0.29, 0.717) is 6.17 Å². The zero-order valence-electron chi connectivity index (χ0n) is 7.27. The topological polar surface area (TPSA) is 38.2 Å². The molecule has 1 radical (unpaired) electrons. The Morgan fingerprint density at radius 1 is 1.64 bits per heavy atom. The number of hydrogen-bond acceptors (Lipinski definition) is 2. The standard InChI is InChI=1S/C8H18N3/c1-2-3-4-10-8-7-9-5-6-11-8/h8-10H,2-7H2,1H3. The van der Waals surface area contributed by atoms with Crippen molar-refractivity contribution < 1.29 is 0 Å². The van der Waals surface area contributed by atoms with E-state index in [1.165, 1.54) is 12.8 Å². The Bertz CT molecular complexity index is 89.3. The third kappa shape index (κ3) is 3.70. The van der Waals surface area contributed by atoms with Gasteiger partial charge in [0.05, 0.1) is 6.17 Å². The van der Waals surface area contributed by atoms with Gasteiger partial charge in [0, 0.05) is 19.6 Å². The van der Waals surface area contributed by atoms with Crippen molar-refractivity contribution in [3.05, 3.63) is 0 Å². The van der Waals surface area contributed by atoms with Gasteiger partial charge in [0.15, 0.2) is 0 Å². The predicted octanol–water partition coefficient (Wildman–Crippen LogP) is -0.0902. The van der Waals surface area contributed by atoms with Gasteiger partial charge in [-0.15, -0.1) is 0 Å². The zero-order chi connectivity index (χ0) is 7.94. The minimum atomic E-state index is 0.371. The highest BCUT2D eigenvalue weighted by atomic mass is 15.2. The van der Waals surface area contributed by atoms with E-state index in [2.05, 4.69) is 22.9 Å². The van der Waals surface area contributed by atoms with Crippen LogP contribution in [0.5, 0.6) is 0 Å². The van der Waals surface area contributed by atoms with Gasteiger partial charge in [-0.2, -0.15) is 0 Å². The van der Waals surface area contributed by atoms with Crippen molar-refractivity contribution in [2.24, 2.45) is 0 Å². The third-order valence-electron chi connectivity index (χ3n) is 1.89. The summed E-state index contributed by atoms with van der Waals surface area (Å²) in [4.78, 5) is 0. The molecule has 1 aliphatic rings. The third-order valence-corrected chi connectivity index (χ3v) is 1.89. The summed E-state index contributed by atoms with van der Waals surface area (Å²) in [5.41, 5.74) is 0. The van der Waals surface area contributed by atoms with E-state index < -0.39 is 0 Å². The van der Waals surface area contributed by atoms with Crippen LogP contribution in [-0.4, -0.2) is 32.3 Å². The van der Waals surface area contributed by atoms with Crippen LogP contribution in [-0.2, 0) is 0 Å². The summed E-state index contributed by atoms with van der Waals surface area (Å²) in [5.74, 6) is 0. The van der Waals surface area contributed by atoms with E-state index in [4.69, 9.17) is 0 Å². The lowest BCUT2D eigenvalue weighted by Crippen LogP contribution is -2.51. The molecule has 0 amide bonds. The first kappa shape index (κ1) is 8.97. The smallest absolute Gasteiger partial charge is 0.0862 e. The molecule has 65 valence electrons. The first-order valence-corrected chi connectivity index (χ1v) is 4.54. The number of unbranched alkanes of at least 4 members (excludes halogenated alkanes) is 1. The molecule has 3 heteroatoms. The van der Waals surface area contributed by atoms with Gasteiger partial charge in [-0.25, -0.2) is 5.32 Å². The fraction of sp³-hybridized carbons (Fsp3) is 1.00. The molecule has 1 heterocycles. The molecule has 0 spiro atoms. The summed E-state index contributed by atoms with van der Waals surface area (Å²) < 4.78 is 0. The first-order valence-electron chi connectivity index (χ1n) is 4.54. The van der Waals surface area contributed by atoms with Crippen molar-refractivity contribution in [3.63, 3.8) is 0 Å². The van der Waals surface area contributed by atoms with Gasteiger partial charge < -0.3 is 5.32 Å². The number of nitrogens with zero attached hydrogens (tertiary/aromatic N) is 1. The maximum absolute atomic E-state index is 4.43. The summed E-state index contributed by atoms with van der Waals surface area (Å²) in [6.45, 7) is 6.32. The van der Waals surface area contributed by atoms with Crippen molar-refractivity contribution in [2.45, 2.75) is 25.9 Å². The van der Waals surface area contributed by atoms with Crippen molar-refractivity contribution in [1.29, 1.82) is 0 Å². The molecule has 0 aliphatic carbocycles. The molecule has 11 heavy (non-hydrogen) atoms. The quantitative estimate of drug-likeness (QED) is 0.558. The minimum Gasteiger partial charge on any atom is -0.312 e. The van der Waals surface area contributed by atoms with Crippen LogP contribution in [0.4, 0.5) is 0 Å². The fourth-order valence-electron chi connectivity index (χ4n) is 1.18. The predicted molar refractivity (Wildman–Crippen MR) is 46.6 cm³/mol. The Labute approximate surface area is 68.9 Å². The number of rotatable bonds is 4. The van der Waals surface area contributed by atoms with Crippen LogP contribution in [0.25, 0.3) is 0 Å². The SMILES string of the molecule is CCCCNC1CNCC[N]1. The molecule has 0 aromatic rings. The Morgan fingerprint density at radius 3 is 3.18 bits per heavy atom. The summed E-state index contributed by atoms with van der Waals surface area (Å²) in [7, 11) is 0. The lowest BCUT2D eigenvalue weighted by atomic mass is 10.3. The monoisotopic (exact) mass is 156 g/mol. The zero-order valence-corrected chi connectivity index (χ0v) is 7.27. The van der Waals surface area contributed by atoms with E-state index in [9.17, 15) is 0 Å². The van der Waals surface area contributed by atoms with Gasteiger partial charge in [0.2, 0.25) is 0 Å². The Balaban J connectivity index is 1.96. The maximum Gasteiger partial charge on any atom is 0.0862 e. The van der Waals surface area contributed by atoms with Crippen LogP contribution in [0.3, 0.4) is 0 Å². The number of nitrogens with one attached hydrogen (secondary N) is 2. The average Bonchev–Trinajstić information content (AvgIpc) is 2.07. The van der Waals surface area contributed by atoms with Crippen molar-refractivity contribution >= 4 is 0 Å². The lowest BCUT2D eigenvalue weighted by molar-refractivity contribution is 0.351. The Kier molecular flexibility index (Phi) is 4.50. The Morgan fingerprint density at radius 2 is 2.55 bits per heavy atom. The molecular weight excluding hydrogens is 138 g/mol. The van der Waals surface area contributed by atoms with Crippen LogP contribution in [0.15, 0.2) is 0 Å². The van der Waals surface area contributed by atoms with Gasteiger partial charge >= 0.3 is 0 Å². The maximum atomic E-state index is 4.43. The molecule has 1 atom stereocenters. The molecule has 2 N–H and O–H groups in total. The van der Waals surface area contributed by atoms with Crippen LogP contribution >= 0.6 is 0 Å². The lowest BCUT2D eigenvalue weighted by Gasteiger charge is -2.23. The van der Waals surface area contributed by atoms with Crippen LogP contribution in [0, 0.1) is 0 Å². The van der Waals surface area contributed by atoms with Gasteiger partial charge in [0.25, 0.3) is 0 Å². The number of hydrogen-bond donors (Lipinski definition) is 2. The second kappa shape index (κ2) is 5.52. The normalized spacial score (nSPS) is 25.4.